The lowest BCUT2D eigenvalue weighted by Gasteiger charge is -2.16. The zero-order valence-corrected chi connectivity index (χ0v) is 18.0. The molecule has 0 spiro atoms. The number of hydrogen-bond donors (Lipinski definition) is 1. The SMILES string of the molecule is COc1ccc(N2C(=O)C(Nc3cc(C)cc(C)c3)=C(c3ccc(C)cc3)C2=O)cc1. The third-order valence-electron chi connectivity index (χ3n) is 5.25. The van der Waals surface area contributed by atoms with Crippen LogP contribution < -0.4 is 15.0 Å². The molecule has 5 heteroatoms. The Hall–Kier alpha value is -3.86. The van der Waals surface area contributed by atoms with E-state index in [0.717, 1.165) is 22.4 Å². The number of carbonyl (C=O) groups excluding carboxylic acids is 2. The Kier molecular flexibility index (Phi) is 5.34. The summed E-state index contributed by atoms with van der Waals surface area (Å²) in [6.45, 7) is 5.98. The van der Waals surface area contributed by atoms with Crippen molar-refractivity contribution in [2.75, 3.05) is 17.3 Å². The molecular weight excluding hydrogens is 388 g/mol. The van der Waals surface area contributed by atoms with E-state index in [1.54, 1.807) is 31.4 Å². The predicted molar refractivity (Wildman–Crippen MR) is 123 cm³/mol. The second-order valence-electron chi connectivity index (χ2n) is 7.76. The summed E-state index contributed by atoms with van der Waals surface area (Å²) in [7, 11) is 1.57. The first-order valence-corrected chi connectivity index (χ1v) is 10.1. The van der Waals surface area contributed by atoms with Crippen LogP contribution in [0.2, 0.25) is 0 Å². The van der Waals surface area contributed by atoms with Crippen LogP contribution in [0.5, 0.6) is 5.75 Å². The molecule has 0 aliphatic carbocycles. The first-order chi connectivity index (χ1) is 14.9. The van der Waals surface area contributed by atoms with Gasteiger partial charge in [0.15, 0.2) is 0 Å². The average molecular weight is 412 g/mol. The summed E-state index contributed by atoms with van der Waals surface area (Å²) < 4.78 is 5.20. The van der Waals surface area contributed by atoms with Gasteiger partial charge in [-0.1, -0.05) is 35.9 Å². The number of methoxy groups -OCH3 is 1. The van der Waals surface area contributed by atoms with Crippen LogP contribution in [0.15, 0.2) is 72.4 Å². The standard InChI is InChI=1S/C26H24N2O3/c1-16-5-7-19(8-6-16)23-24(27-20-14-17(2)13-18(3)15-20)26(30)28(25(23)29)21-9-11-22(31-4)12-10-21/h5-15,27H,1-4H3. The molecule has 5 nitrogen and oxygen atoms in total. The molecular formula is C26H24N2O3. The number of aryl methyl sites for hydroxylation is 3. The summed E-state index contributed by atoms with van der Waals surface area (Å²) >= 11 is 0. The minimum Gasteiger partial charge on any atom is -0.497 e. The highest BCUT2D eigenvalue weighted by atomic mass is 16.5. The number of rotatable bonds is 5. The highest BCUT2D eigenvalue weighted by Gasteiger charge is 2.40. The smallest absolute Gasteiger partial charge is 0.282 e. The molecule has 0 atom stereocenters. The van der Waals surface area contributed by atoms with Gasteiger partial charge in [0.25, 0.3) is 11.8 Å². The van der Waals surface area contributed by atoms with Crippen molar-refractivity contribution in [3.8, 4) is 5.75 Å². The molecule has 1 aliphatic heterocycles. The second-order valence-corrected chi connectivity index (χ2v) is 7.76. The number of nitrogens with zero attached hydrogens (tertiary/aromatic N) is 1. The van der Waals surface area contributed by atoms with Crippen molar-refractivity contribution < 1.29 is 14.3 Å². The molecule has 31 heavy (non-hydrogen) atoms. The molecule has 0 radical (unpaired) electrons. The Morgan fingerprint density at radius 2 is 1.35 bits per heavy atom. The largest absolute Gasteiger partial charge is 0.497 e. The van der Waals surface area contributed by atoms with Crippen molar-refractivity contribution in [2.45, 2.75) is 20.8 Å². The maximum Gasteiger partial charge on any atom is 0.282 e. The molecule has 3 aromatic rings. The van der Waals surface area contributed by atoms with Crippen molar-refractivity contribution in [1.82, 2.24) is 0 Å². The monoisotopic (exact) mass is 412 g/mol. The van der Waals surface area contributed by atoms with Gasteiger partial charge in [0.05, 0.1) is 18.4 Å². The Bertz CT molecular complexity index is 1170. The molecule has 4 rings (SSSR count). The van der Waals surface area contributed by atoms with Gasteiger partial charge in [-0.2, -0.15) is 0 Å². The fraction of sp³-hybridized carbons (Fsp3) is 0.154. The van der Waals surface area contributed by atoms with Crippen molar-refractivity contribution in [3.63, 3.8) is 0 Å². The molecule has 0 saturated heterocycles. The van der Waals surface area contributed by atoms with E-state index in [-0.39, 0.29) is 17.5 Å². The lowest BCUT2D eigenvalue weighted by molar-refractivity contribution is -0.120. The molecule has 3 aromatic carbocycles. The van der Waals surface area contributed by atoms with E-state index in [9.17, 15) is 9.59 Å². The van der Waals surface area contributed by atoms with Crippen molar-refractivity contribution >= 4 is 28.8 Å². The van der Waals surface area contributed by atoms with Crippen LogP contribution in [-0.4, -0.2) is 18.9 Å². The van der Waals surface area contributed by atoms with Gasteiger partial charge in [0.2, 0.25) is 0 Å². The van der Waals surface area contributed by atoms with Gasteiger partial charge in [-0.25, -0.2) is 4.90 Å². The summed E-state index contributed by atoms with van der Waals surface area (Å²) in [5, 5.41) is 3.23. The summed E-state index contributed by atoms with van der Waals surface area (Å²) in [4.78, 5) is 28.1. The summed E-state index contributed by atoms with van der Waals surface area (Å²) in [6, 6.07) is 20.5. The molecule has 1 heterocycles. The van der Waals surface area contributed by atoms with E-state index >= 15 is 0 Å². The van der Waals surface area contributed by atoms with Gasteiger partial charge in [-0.05, 0) is 73.9 Å². The first-order valence-electron chi connectivity index (χ1n) is 10.1. The average Bonchev–Trinajstić information content (AvgIpc) is 2.98. The third kappa shape index (κ3) is 3.94. The molecule has 0 fully saturated rings. The maximum absolute atomic E-state index is 13.5. The van der Waals surface area contributed by atoms with Gasteiger partial charge in [-0.15, -0.1) is 0 Å². The highest BCUT2D eigenvalue weighted by molar-refractivity contribution is 6.46. The first kappa shape index (κ1) is 20.4. The van der Waals surface area contributed by atoms with Gasteiger partial charge in [0, 0.05) is 5.69 Å². The minimum atomic E-state index is -0.384. The van der Waals surface area contributed by atoms with Gasteiger partial charge in [-0.3, -0.25) is 9.59 Å². The fourth-order valence-corrected chi connectivity index (χ4v) is 3.79. The van der Waals surface area contributed by atoms with E-state index < -0.39 is 0 Å². The third-order valence-corrected chi connectivity index (χ3v) is 5.25. The lowest BCUT2D eigenvalue weighted by Crippen LogP contribution is -2.32. The summed E-state index contributed by atoms with van der Waals surface area (Å²) in [6.07, 6.45) is 0. The van der Waals surface area contributed by atoms with Crippen LogP contribution in [0, 0.1) is 20.8 Å². The van der Waals surface area contributed by atoms with Crippen molar-refractivity contribution in [1.29, 1.82) is 0 Å². The predicted octanol–water partition coefficient (Wildman–Crippen LogP) is 5.02. The number of imide groups is 1. The Balaban J connectivity index is 1.81. The second kappa shape index (κ2) is 8.11. The zero-order chi connectivity index (χ0) is 22.1. The zero-order valence-electron chi connectivity index (χ0n) is 18.0. The van der Waals surface area contributed by atoms with Gasteiger partial charge >= 0.3 is 0 Å². The normalized spacial score (nSPS) is 13.7. The molecule has 0 unspecified atom stereocenters. The minimum absolute atomic E-state index is 0.273. The van der Waals surface area contributed by atoms with E-state index in [4.69, 9.17) is 4.74 Å². The summed E-state index contributed by atoms with van der Waals surface area (Å²) in [5.74, 6) is -0.0843. The van der Waals surface area contributed by atoms with E-state index in [0.29, 0.717) is 22.6 Å². The number of hydrogen-bond acceptors (Lipinski definition) is 4. The molecule has 1 N–H and O–H groups in total. The molecule has 0 bridgehead atoms. The molecule has 0 saturated carbocycles. The molecule has 2 amide bonds. The van der Waals surface area contributed by atoms with Crippen LogP contribution >= 0.6 is 0 Å². The Labute approximate surface area is 182 Å². The van der Waals surface area contributed by atoms with E-state index in [2.05, 4.69) is 11.4 Å². The Morgan fingerprint density at radius 1 is 0.742 bits per heavy atom. The van der Waals surface area contributed by atoms with Crippen LogP contribution in [0.3, 0.4) is 0 Å². The van der Waals surface area contributed by atoms with Crippen LogP contribution in [0.25, 0.3) is 5.57 Å². The van der Waals surface area contributed by atoms with Gasteiger partial charge < -0.3 is 10.1 Å². The Morgan fingerprint density at radius 3 is 1.94 bits per heavy atom. The fourth-order valence-electron chi connectivity index (χ4n) is 3.79. The quantitative estimate of drug-likeness (QED) is 0.598. The topological polar surface area (TPSA) is 58.6 Å². The number of nitrogens with one attached hydrogen (secondary N) is 1. The van der Waals surface area contributed by atoms with Crippen molar-refractivity contribution in [2.24, 2.45) is 0 Å². The van der Waals surface area contributed by atoms with Gasteiger partial charge in [0.1, 0.15) is 11.4 Å². The molecule has 1 aliphatic rings. The number of amides is 2. The lowest BCUT2D eigenvalue weighted by atomic mass is 10.0. The highest BCUT2D eigenvalue weighted by Crippen LogP contribution is 2.34. The van der Waals surface area contributed by atoms with Crippen LogP contribution in [0.4, 0.5) is 11.4 Å². The number of anilines is 2. The number of ether oxygens (including phenoxy) is 1. The van der Waals surface area contributed by atoms with E-state index in [1.165, 1.54) is 4.90 Å². The number of benzene rings is 3. The molecule has 156 valence electrons. The van der Waals surface area contributed by atoms with E-state index in [1.807, 2.05) is 57.2 Å². The van der Waals surface area contributed by atoms with Crippen LogP contribution in [-0.2, 0) is 9.59 Å². The summed E-state index contributed by atoms with van der Waals surface area (Å²) in [5.41, 5.74) is 5.83. The van der Waals surface area contributed by atoms with Crippen LogP contribution in [0.1, 0.15) is 22.3 Å². The maximum atomic E-state index is 13.5. The molecule has 0 aromatic heterocycles. The van der Waals surface area contributed by atoms with Crippen molar-refractivity contribution in [3.05, 3.63) is 94.7 Å². The number of carbonyl (C=O) groups is 2.